The summed E-state index contributed by atoms with van der Waals surface area (Å²) in [6, 6.07) is 3.36. The Morgan fingerprint density at radius 3 is 2.31 bits per heavy atom. The van der Waals surface area contributed by atoms with E-state index in [-0.39, 0.29) is 0 Å². The third kappa shape index (κ3) is 4.93. The van der Waals surface area contributed by atoms with Crippen LogP contribution in [0, 0.1) is 23.5 Å². The van der Waals surface area contributed by atoms with Crippen LogP contribution in [0.5, 0.6) is 0 Å². The summed E-state index contributed by atoms with van der Waals surface area (Å²) in [4.78, 5) is 0. The monoisotopic (exact) mass is 222 g/mol. The number of hydrogen-bond acceptors (Lipinski definition) is 0. The molecule has 0 heterocycles. The minimum atomic E-state index is -0.574. The average Bonchev–Trinajstić information content (AvgIpc) is 2.22. The van der Waals surface area contributed by atoms with Crippen LogP contribution in [0.1, 0.15) is 44.6 Å². The molecule has 0 saturated carbocycles. The number of unbranched alkanes of at least 4 members (excludes halogenated alkanes) is 4. The van der Waals surface area contributed by atoms with Crippen LogP contribution in [-0.2, 0) is 0 Å². The molecule has 0 amide bonds. The molecule has 0 atom stereocenters. The van der Waals surface area contributed by atoms with Crippen molar-refractivity contribution in [2.24, 2.45) is 0 Å². The maximum Gasteiger partial charge on any atom is 0.127 e. The SMILES string of the molecule is CCCCCCC#Cc1cc(F)cc(F)c1. The number of rotatable bonds is 4. The first kappa shape index (κ1) is 12.7. The summed E-state index contributed by atoms with van der Waals surface area (Å²) in [5.41, 5.74) is 0.410. The van der Waals surface area contributed by atoms with Crippen molar-refractivity contribution in [3.63, 3.8) is 0 Å². The normalized spacial score (nSPS) is 9.69. The van der Waals surface area contributed by atoms with Crippen LogP contribution >= 0.6 is 0 Å². The molecule has 16 heavy (non-hydrogen) atoms. The van der Waals surface area contributed by atoms with Gasteiger partial charge in [-0.15, -0.1) is 0 Å². The smallest absolute Gasteiger partial charge is 0.127 e. The summed E-state index contributed by atoms with van der Waals surface area (Å²) in [6.45, 7) is 2.15. The quantitative estimate of drug-likeness (QED) is 0.526. The van der Waals surface area contributed by atoms with Crippen molar-refractivity contribution in [3.05, 3.63) is 35.4 Å². The Morgan fingerprint density at radius 2 is 1.69 bits per heavy atom. The first-order chi connectivity index (χ1) is 7.72. The van der Waals surface area contributed by atoms with Crippen LogP contribution in [-0.4, -0.2) is 0 Å². The van der Waals surface area contributed by atoms with E-state index >= 15 is 0 Å². The van der Waals surface area contributed by atoms with E-state index < -0.39 is 11.6 Å². The molecule has 0 radical (unpaired) electrons. The van der Waals surface area contributed by atoms with Crippen LogP contribution in [0.4, 0.5) is 8.78 Å². The molecule has 0 fully saturated rings. The second-order valence-corrected chi connectivity index (χ2v) is 3.77. The van der Waals surface area contributed by atoms with Crippen molar-refractivity contribution in [2.45, 2.75) is 39.0 Å². The summed E-state index contributed by atoms with van der Waals surface area (Å²) in [7, 11) is 0. The lowest BCUT2D eigenvalue weighted by atomic mass is 10.1. The number of benzene rings is 1. The summed E-state index contributed by atoms with van der Waals surface area (Å²) in [6.07, 6.45) is 5.43. The van der Waals surface area contributed by atoms with Crippen LogP contribution in [0.2, 0.25) is 0 Å². The highest BCUT2D eigenvalue weighted by molar-refractivity contribution is 5.34. The lowest BCUT2D eigenvalue weighted by Crippen LogP contribution is -1.82. The van der Waals surface area contributed by atoms with E-state index in [1.807, 2.05) is 0 Å². The summed E-state index contributed by atoms with van der Waals surface area (Å²) >= 11 is 0. The maximum absolute atomic E-state index is 12.8. The summed E-state index contributed by atoms with van der Waals surface area (Å²) in [5.74, 6) is 4.56. The Balaban J connectivity index is 2.43. The van der Waals surface area contributed by atoms with Gasteiger partial charge >= 0.3 is 0 Å². The third-order valence-corrected chi connectivity index (χ3v) is 2.25. The Morgan fingerprint density at radius 1 is 1.00 bits per heavy atom. The van der Waals surface area contributed by atoms with E-state index in [9.17, 15) is 8.78 Å². The van der Waals surface area contributed by atoms with Gasteiger partial charge in [0.2, 0.25) is 0 Å². The van der Waals surface area contributed by atoms with Crippen molar-refractivity contribution < 1.29 is 8.78 Å². The zero-order chi connectivity index (χ0) is 11.8. The topological polar surface area (TPSA) is 0 Å². The second-order valence-electron chi connectivity index (χ2n) is 3.77. The molecular weight excluding hydrogens is 206 g/mol. The lowest BCUT2D eigenvalue weighted by molar-refractivity contribution is 0.582. The second kappa shape index (κ2) is 7.00. The zero-order valence-corrected chi connectivity index (χ0v) is 9.52. The van der Waals surface area contributed by atoms with Gasteiger partial charge in [-0.1, -0.05) is 38.0 Å². The highest BCUT2D eigenvalue weighted by Crippen LogP contribution is 2.07. The molecule has 0 nitrogen and oxygen atoms in total. The van der Waals surface area contributed by atoms with Gasteiger partial charge in [0, 0.05) is 18.1 Å². The molecule has 0 aliphatic carbocycles. The molecule has 0 N–H and O–H groups in total. The molecule has 0 bridgehead atoms. The first-order valence-corrected chi connectivity index (χ1v) is 5.67. The van der Waals surface area contributed by atoms with Gasteiger partial charge in [-0.2, -0.15) is 0 Å². The van der Waals surface area contributed by atoms with Crippen LogP contribution in [0.25, 0.3) is 0 Å². The van der Waals surface area contributed by atoms with E-state index in [2.05, 4.69) is 18.8 Å². The van der Waals surface area contributed by atoms with Crippen LogP contribution in [0.3, 0.4) is 0 Å². The first-order valence-electron chi connectivity index (χ1n) is 5.67. The minimum absolute atomic E-state index is 0.410. The standard InChI is InChI=1S/C14H16F2/c1-2-3-4-5-6-7-8-12-9-13(15)11-14(16)10-12/h9-11H,2-6H2,1H3. The number of hydrogen-bond donors (Lipinski definition) is 0. The summed E-state index contributed by atoms with van der Waals surface area (Å²) < 4.78 is 25.6. The lowest BCUT2D eigenvalue weighted by Gasteiger charge is -1.93. The zero-order valence-electron chi connectivity index (χ0n) is 9.52. The van der Waals surface area contributed by atoms with Gasteiger partial charge in [0.15, 0.2) is 0 Å². The molecule has 0 aliphatic rings. The van der Waals surface area contributed by atoms with Crippen LogP contribution < -0.4 is 0 Å². The van der Waals surface area contributed by atoms with Crippen molar-refractivity contribution >= 4 is 0 Å². The van der Waals surface area contributed by atoms with E-state index in [4.69, 9.17) is 0 Å². The molecule has 0 aliphatic heterocycles. The van der Waals surface area contributed by atoms with Crippen LogP contribution in [0.15, 0.2) is 18.2 Å². The Hall–Kier alpha value is -1.36. The van der Waals surface area contributed by atoms with Gasteiger partial charge in [-0.05, 0) is 18.6 Å². The predicted octanol–water partition coefficient (Wildman–Crippen LogP) is 4.29. The fourth-order valence-electron chi connectivity index (χ4n) is 1.43. The van der Waals surface area contributed by atoms with Crippen molar-refractivity contribution in [2.75, 3.05) is 0 Å². The molecule has 86 valence electrons. The van der Waals surface area contributed by atoms with E-state index in [1.54, 1.807) is 0 Å². The highest BCUT2D eigenvalue weighted by atomic mass is 19.1. The Kier molecular flexibility index (Phi) is 5.56. The summed E-state index contributed by atoms with van der Waals surface area (Å²) in [5, 5.41) is 0. The molecular formula is C14H16F2. The fraction of sp³-hybridized carbons (Fsp3) is 0.429. The average molecular weight is 222 g/mol. The molecule has 2 heteroatoms. The van der Waals surface area contributed by atoms with E-state index in [0.717, 1.165) is 18.9 Å². The molecule has 0 saturated heterocycles. The minimum Gasteiger partial charge on any atom is -0.207 e. The molecule has 0 unspecified atom stereocenters. The third-order valence-electron chi connectivity index (χ3n) is 2.25. The van der Waals surface area contributed by atoms with Gasteiger partial charge in [0.25, 0.3) is 0 Å². The van der Waals surface area contributed by atoms with Crippen molar-refractivity contribution in [1.29, 1.82) is 0 Å². The molecule has 1 aromatic carbocycles. The largest absolute Gasteiger partial charge is 0.207 e. The van der Waals surface area contributed by atoms with Gasteiger partial charge < -0.3 is 0 Å². The van der Waals surface area contributed by atoms with Crippen molar-refractivity contribution in [1.82, 2.24) is 0 Å². The van der Waals surface area contributed by atoms with Gasteiger partial charge in [-0.25, -0.2) is 8.78 Å². The number of halogens is 2. The molecule has 0 spiro atoms. The van der Waals surface area contributed by atoms with Crippen molar-refractivity contribution in [3.8, 4) is 11.8 Å². The molecule has 0 aromatic heterocycles. The van der Waals surface area contributed by atoms with Gasteiger partial charge in [0.05, 0.1) is 0 Å². The fourth-order valence-corrected chi connectivity index (χ4v) is 1.43. The molecule has 1 rings (SSSR count). The maximum atomic E-state index is 12.8. The van der Waals surface area contributed by atoms with E-state index in [0.29, 0.717) is 5.56 Å². The Bertz CT molecular complexity index is 365. The van der Waals surface area contributed by atoms with Gasteiger partial charge in [-0.3, -0.25) is 0 Å². The highest BCUT2D eigenvalue weighted by Gasteiger charge is 1.96. The predicted molar refractivity (Wildman–Crippen MR) is 62.0 cm³/mol. The Labute approximate surface area is 95.7 Å². The molecule has 1 aromatic rings. The van der Waals surface area contributed by atoms with Gasteiger partial charge in [0.1, 0.15) is 11.6 Å². The van der Waals surface area contributed by atoms with E-state index in [1.165, 1.54) is 31.4 Å².